The number of sulfonamides is 1. The molecule has 2 unspecified atom stereocenters. The number of benzene rings is 1. The average molecular weight is 378 g/mol. The summed E-state index contributed by atoms with van der Waals surface area (Å²) in [6.07, 6.45) is -0.893. The molecule has 140 valence electrons. The summed E-state index contributed by atoms with van der Waals surface area (Å²) in [5.41, 5.74) is -1.03. The zero-order chi connectivity index (χ0) is 18.5. The molecule has 0 aliphatic heterocycles. The topological polar surface area (TPSA) is 81.4 Å². The van der Waals surface area contributed by atoms with Crippen LogP contribution in [-0.2, 0) is 20.9 Å². The van der Waals surface area contributed by atoms with Crippen molar-refractivity contribution in [1.29, 1.82) is 0 Å². The number of halogens is 3. The highest BCUT2D eigenvalue weighted by Gasteiger charge is 2.59. The van der Waals surface area contributed by atoms with Crippen molar-refractivity contribution in [2.75, 3.05) is 11.9 Å². The molecular formula is C16H21F3N2O3S. The van der Waals surface area contributed by atoms with Crippen LogP contribution in [0.3, 0.4) is 0 Å². The third-order valence-corrected chi connectivity index (χ3v) is 6.34. The molecule has 3 rings (SSSR count). The molecule has 0 radical (unpaired) electrons. The summed E-state index contributed by atoms with van der Waals surface area (Å²) in [7, 11) is -4.45. The van der Waals surface area contributed by atoms with Gasteiger partial charge in [0, 0.05) is 23.8 Å². The number of hydrogen-bond acceptors (Lipinski definition) is 4. The van der Waals surface area contributed by atoms with Gasteiger partial charge < -0.3 is 10.1 Å². The van der Waals surface area contributed by atoms with E-state index in [-0.39, 0.29) is 23.2 Å². The zero-order valence-electron chi connectivity index (χ0n) is 13.8. The van der Waals surface area contributed by atoms with Gasteiger partial charge in [0.05, 0.1) is 16.6 Å². The van der Waals surface area contributed by atoms with Gasteiger partial charge in [0.15, 0.2) is 0 Å². The molecule has 1 aromatic rings. The summed E-state index contributed by atoms with van der Waals surface area (Å²) in [6, 6.07) is 3.08. The Bertz CT molecular complexity index is 760. The molecule has 0 aromatic heterocycles. The van der Waals surface area contributed by atoms with E-state index in [0.717, 1.165) is 37.8 Å². The van der Waals surface area contributed by atoms with E-state index in [9.17, 15) is 21.6 Å². The average Bonchev–Trinajstić information content (AvgIpc) is 2.42. The fourth-order valence-corrected chi connectivity index (χ4v) is 4.67. The minimum absolute atomic E-state index is 0.0208. The summed E-state index contributed by atoms with van der Waals surface area (Å²) in [6.45, 7) is 2.54. The number of primary sulfonamides is 1. The van der Waals surface area contributed by atoms with Crippen molar-refractivity contribution in [3.63, 3.8) is 0 Å². The maximum Gasteiger partial charge on any atom is 0.417 e. The van der Waals surface area contributed by atoms with Gasteiger partial charge in [-0.1, -0.05) is 6.42 Å². The Hall–Kier alpha value is -1.32. The van der Waals surface area contributed by atoms with E-state index >= 15 is 0 Å². The normalized spacial score (nSPS) is 25.3. The van der Waals surface area contributed by atoms with Gasteiger partial charge in [-0.15, -0.1) is 0 Å². The lowest BCUT2D eigenvalue weighted by atomic mass is 9.51. The van der Waals surface area contributed by atoms with E-state index in [1.807, 2.05) is 6.92 Å². The maximum absolute atomic E-state index is 13.2. The van der Waals surface area contributed by atoms with Gasteiger partial charge in [0.1, 0.15) is 0 Å². The smallest absolute Gasteiger partial charge is 0.382 e. The molecule has 2 aliphatic carbocycles. The van der Waals surface area contributed by atoms with Crippen molar-refractivity contribution in [1.82, 2.24) is 0 Å². The molecule has 25 heavy (non-hydrogen) atoms. The molecule has 1 spiro atoms. The van der Waals surface area contributed by atoms with Crippen LogP contribution in [0, 0.1) is 5.41 Å². The van der Waals surface area contributed by atoms with Gasteiger partial charge in [-0.2, -0.15) is 13.2 Å². The van der Waals surface area contributed by atoms with Gasteiger partial charge >= 0.3 is 6.18 Å². The minimum atomic E-state index is -4.80. The molecular weight excluding hydrogens is 357 g/mol. The second-order valence-corrected chi connectivity index (χ2v) is 8.25. The number of nitrogens with one attached hydrogen (secondary N) is 1. The van der Waals surface area contributed by atoms with Crippen molar-refractivity contribution in [2.24, 2.45) is 10.6 Å². The van der Waals surface area contributed by atoms with E-state index in [4.69, 9.17) is 9.88 Å². The Morgan fingerprint density at radius 2 is 2.04 bits per heavy atom. The molecule has 5 nitrogen and oxygen atoms in total. The van der Waals surface area contributed by atoms with Crippen molar-refractivity contribution in [2.45, 2.75) is 55.8 Å². The highest BCUT2D eigenvalue weighted by Crippen LogP contribution is 2.58. The molecule has 1 aromatic carbocycles. The number of anilines is 1. The van der Waals surface area contributed by atoms with E-state index in [0.29, 0.717) is 6.61 Å². The van der Waals surface area contributed by atoms with Gasteiger partial charge in [-0.25, -0.2) is 13.6 Å². The number of ether oxygens (including phenoxy) is 1. The Morgan fingerprint density at radius 1 is 1.36 bits per heavy atom. The van der Waals surface area contributed by atoms with Crippen LogP contribution in [0.2, 0.25) is 0 Å². The van der Waals surface area contributed by atoms with Crippen LogP contribution < -0.4 is 10.5 Å². The summed E-state index contributed by atoms with van der Waals surface area (Å²) in [5, 5.41) is 8.04. The van der Waals surface area contributed by atoms with E-state index in [2.05, 4.69) is 5.32 Å². The lowest BCUT2D eigenvalue weighted by molar-refractivity contribution is -0.157. The largest absolute Gasteiger partial charge is 0.417 e. The van der Waals surface area contributed by atoms with Crippen LogP contribution in [0.25, 0.3) is 0 Å². The lowest BCUT2D eigenvalue weighted by Gasteiger charge is -2.61. The first kappa shape index (κ1) is 18.5. The first-order chi connectivity index (χ1) is 11.6. The summed E-state index contributed by atoms with van der Waals surface area (Å²) < 4.78 is 68.2. The minimum Gasteiger partial charge on any atom is -0.382 e. The molecule has 2 atom stereocenters. The maximum atomic E-state index is 13.2. The molecule has 9 heteroatoms. The van der Waals surface area contributed by atoms with Crippen LogP contribution in [0.15, 0.2) is 23.1 Å². The van der Waals surface area contributed by atoms with E-state index in [1.54, 1.807) is 0 Å². The van der Waals surface area contributed by atoms with Crippen molar-refractivity contribution < 1.29 is 26.3 Å². The summed E-state index contributed by atoms with van der Waals surface area (Å²) >= 11 is 0. The molecule has 2 aliphatic rings. The molecule has 2 fully saturated rings. The SMILES string of the molecule is CCOC1CC(Nc2ccc(S(N)(=O)=O)c(C(F)(F)F)c2)C12CCC2. The predicted molar refractivity (Wildman–Crippen MR) is 86.5 cm³/mol. The highest BCUT2D eigenvalue weighted by molar-refractivity contribution is 7.89. The van der Waals surface area contributed by atoms with Crippen molar-refractivity contribution in [3.05, 3.63) is 23.8 Å². The van der Waals surface area contributed by atoms with Crippen LogP contribution in [0.5, 0.6) is 0 Å². The monoisotopic (exact) mass is 378 g/mol. The number of nitrogens with two attached hydrogens (primary N) is 1. The van der Waals surface area contributed by atoms with Gasteiger partial charge in [0.2, 0.25) is 10.0 Å². The van der Waals surface area contributed by atoms with Crippen molar-refractivity contribution >= 4 is 15.7 Å². The molecule has 2 saturated carbocycles. The third-order valence-electron chi connectivity index (χ3n) is 5.37. The van der Waals surface area contributed by atoms with Crippen LogP contribution in [0.4, 0.5) is 18.9 Å². The van der Waals surface area contributed by atoms with Crippen LogP contribution in [-0.4, -0.2) is 27.2 Å². The number of alkyl halides is 3. The molecule has 3 N–H and O–H groups in total. The number of rotatable bonds is 5. The fourth-order valence-electron chi connectivity index (χ4n) is 3.93. The highest BCUT2D eigenvalue weighted by atomic mass is 32.2. The zero-order valence-corrected chi connectivity index (χ0v) is 14.6. The molecule has 0 saturated heterocycles. The second kappa shape index (κ2) is 6.14. The lowest BCUT2D eigenvalue weighted by Crippen LogP contribution is -2.64. The first-order valence-corrected chi connectivity index (χ1v) is 9.75. The Morgan fingerprint density at radius 3 is 2.52 bits per heavy atom. The van der Waals surface area contributed by atoms with E-state index < -0.39 is 26.7 Å². The molecule has 0 heterocycles. The second-order valence-electron chi connectivity index (χ2n) is 6.72. The summed E-state index contributed by atoms with van der Waals surface area (Å²) in [5.74, 6) is 0. The van der Waals surface area contributed by atoms with Crippen molar-refractivity contribution in [3.8, 4) is 0 Å². The number of hydrogen-bond donors (Lipinski definition) is 2. The third kappa shape index (κ3) is 3.24. The Kier molecular flexibility index (Phi) is 4.53. The quantitative estimate of drug-likeness (QED) is 0.825. The van der Waals surface area contributed by atoms with Gasteiger partial charge in [-0.05, 0) is 44.4 Å². The first-order valence-electron chi connectivity index (χ1n) is 8.20. The standard InChI is InChI=1S/C16H21F3N2O3S/c1-2-24-14-9-13(15(14)6-3-7-15)21-10-4-5-12(25(20,22)23)11(8-10)16(17,18)19/h4-5,8,13-14,21H,2-3,6-7,9H2,1H3,(H2,20,22,23). The van der Waals surface area contributed by atoms with Crippen LogP contribution in [0.1, 0.15) is 38.2 Å². The molecule has 0 amide bonds. The Labute approximate surface area is 144 Å². The fraction of sp³-hybridized carbons (Fsp3) is 0.625. The Balaban J connectivity index is 1.85. The van der Waals surface area contributed by atoms with Gasteiger partial charge in [-0.3, -0.25) is 0 Å². The molecule has 0 bridgehead atoms. The van der Waals surface area contributed by atoms with E-state index in [1.165, 1.54) is 6.07 Å². The predicted octanol–water partition coefficient (Wildman–Crippen LogP) is 3.11. The van der Waals surface area contributed by atoms with Gasteiger partial charge in [0.25, 0.3) is 0 Å². The van der Waals surface area contributed by atoms with Crippen LogP contribution >= 0.6 is 0 Å². The summed E-state index contributed by atoms with van der Waals surface area (Å²) in [4.78, 5) is -0.912.